The first kappa shape index (κ1) is 13.5. The zero-order valence-corrected chi connectivity index (χ0v) is 8.58. The van der Waals surface area contributed by atoms with E-state index in [-0.39, 0.29) is 13.0 Å². The molecule has 1 heterocycles. The van der Waals surface area contributed by atoms with Crippen molar-refractivity contribution in [2.45, 2.75) is 18.7 Å². The molecule has 0 bridgehead atoms. The van der Waals surface area contributed by atoms with Crippen LogP contribution in [0.4, 0.5) is 13.2 Å². The van der Waals surface area contributed by atoms with Crippen molar-refractivity contribution in [2.75, 3.05) is 13.4 Å². The molecule has 0 aromatic rings. The molecular weight excluding hydrogens is 245 g/mol. The third-order valence-corrected chi connectivity index (χ3v) is 1.94. The molecule has 1 unspecified atom stereocenters. The van der Waals surface area contributed by atoms with Crippen molar-refractivity contribution >= 4 is 11.9 Å². The van der Waals surface area contributed by atoms with Crippen LogP contribution in [0, 0.1) is 0 Å². The highest BCUT2D eigenvalue weighted by Gasteiger charge is 2.38. The van der Waals surface area contributed by atoms with Gasteiger partial charge in [0, 0.05) is 6.42 Å². The Labute approximate surface area is 94.1 Å². The Kier molecular flexibility index (Phi) is 4.11. The van der Waals surface area contributed by atoms with E-state index < -0.39 is 36.6 Å². The van der Waals surface area contributed by atoms with Crippen molar-refractivity contribution in [3.63, 3.8) is 0 Å². The number of carbonyl (C=O) groups is 2. The van der Waals surface area contributed by atoms with Gasteiger partial charge in [0.25, 0.3) is 0 Å². The number of cyclic esters (lactones) is 1. The van der Waals surface area contributed by atoms with Gasteiger partial charge in [-0.25, -0.2) is 9.59 Å². The fourth-order valence-electron chi connectivity index (χ4n) is 1.00. The van der Waals surface area contributed by atoms with E-state index in [1.807, 2.05) is 0 Å². The summed E-state index contributed by atoms with van der Waals surface area (Å²) in [5.74, 6) is -2.26. The average Bonchev–Trinajstić information content (AvgIpc) is 2.62. The normalized spacial score (nSPS) is 19.9. The van der Waals surface area contributed by atoms with Crippen molar-refractivity contribution in [1.82, 2.24) is 0 Å². The summed E-state index contributed by atoms with van der Waals surface area (Å²) in [6.45, 7) is 1.96. The van der Waals surface area contributed by atoms with E-state index in [1.165, 1.54) is 0 Å². The van der Waals surface area contributed by atoms with Crippen molar-refractivity contribution < 1.29 is 37.0 Å². The van der Waals surface area contributed by atoms with Crippen LogP contribution in [0.2, 0.25) is 0 Å². The minimum Gasteiger partial charge on any atom is -0.464 e. The smallest absolute Gasteiger partial charge is 0.422 e. The molecule has 0 aliphatic carbocycles. The molecule has 0 spiro atoms. The van der Waals surface area contributed by atoms with Crippen molar-refractivity contribution in [3.8, 4) is 0 Å². The summed E-state index contributed by atoms with van der Waals surface area (Å²) in [6.07, 6.45) is -5.47. The highest BCUT2D eigenvalue weighted by Crippen LogP contribution is 2.24. The van der Waals surface area contributed by atoms with E-state index >= 15 is 0 Å². The quantitative estimate of drug-likeness (QED) is 0.424. The Hall–Kier alpha value is -1.57. The van der Waals surface area contributed by atoms with E-state index in [1.54, 1.807) is 0 Å². The molecule has 0 radical (unpaired) electrons. The first-order valence-electron chi connectivity index (χ1n) is 4.54. The lowest BCUT2D eigenvalue weighted by Crippen LogP contribution is -2.25. The molecule has 0 aromatic heterocycles. The van der Waals surface area contributed by atoms with Crippen molar-refractivity contribution in [3.05, 3.63) is 12.2 Å². The summed E-state index contributed by atoms with van der Waals surface area (Å²) in [5, 5.41) is 0. The average molecular weight is 254 g/mol. The van der Waals surface area contributed by atoms with Crippen LogP contribution in [0.1, 0.15) is 6.42 Å². The van der Waals surface area contributed by atoms with Crippen LogP contribution in [0.5, 0.6) is 0 Å². The third kappa shape index (κ3) is 3.74. The van der Waals surface area contributed by atoms with E-state index in [0.29, 0.717) is 0 Å². The molecule has 1 aliphatic rings. The van der Waals surface area contributed by atoms with Gasteiger partial charge in [0.1, 0.15) is 5.57 Å². The Balaban J connectivity index is 2.29. The van der Waals surface area contributed by atoms with Crippen LogP contribution in [0.25, 0.3) is 0 Å². The maximum absolute atomic E-state index is 12.0. The first-order chi connectivity index (χ1) is 7.82. The van der Waals surface area contributed by atoms with E-state index in [2.05, 4.69) is 16.1 Å². The van der Waals surface area contributed by atoms with Gasteiger partial charge in [0.15, 0.2) is 12.9 Å². The van der Waals surface area contributed by atoms with Gasteiger partial charge < -0.3 is 14.2 Å². The highest BCUT2D eigenvalue weighted by molar-refractivity contribution is 5.89. The summed E-state index contributed by atoms with van der Waals surface area (Å²) in [7, 11) is 0. The molecule has 1 saturated heterocycles. The molecule has 1 atom stereocenters. The second-order valence-electron chi connectivity index (χ2n) is 3.14. The fraction of sp³-hybridized carbons (Fsp3) is 0.556. The van der Waals surface area contributed by atoms with E-state index in [4.69, 9.17) is 4.74 Å². The van der Waals surface area contributed by atoms with Gasteiger partial charge >= 0.3 is 18.1 Å². The largest absolute Gasteiger partial charge is 0.464 e. The minimum atomic E-state index is -4.84. The number of halogens is 3. The van der Waals surface area contributed by atoms with Crippen LogP contribution in [-0.4, -0.2) is 37.6 Å². The van der Waals surface area contributed by atoms with Crippen LogP contribution in [0.15, 0.2) is 12.2 Å². The van der Waals surface area contributed by atoms with Crippen molar-refractivity contribution in [1.29, 1.82) is 0 Å². The second kappa shape index (κ2) is 5.17. The lowest BCUT2D eigenvalue weighted by molar-refractivity contribution is -0.171. The standard InChI is InChI=1S/C9H9F3O5/c1-5(9(10,11)12)7(13)17-4-16-6-2-3-15-8(6)14/h6H,1-4H2. The Morgan fingerprint density at radius 1 is 1.53 bits per heavy atom. The summed E-state index contributed by atoms with van der Waals surface area (Å²) < 4.78 is 49.3. The summed E-state index contributed by atoms with van der Waals surface area (Å²) in [6, 6.07) is 0. The number of rotatable bonds is 4. The zero-order chi connectivity index (χ0) is 13.1. The number of alkyl halides is 3. The second-order valence-corrected chi connectivity index (χ2v) is 3.14. The molecule has 0 saturated carbocycles. The van der Waals surface area contributed by atoms with Gasteiger partial charge in [-0.1, -0.05) is 6.58 Å². The molecule has 1 fully saturated rings. The molecule has 8 heteroatoms. The molecule has 0 N–H and O–H groups in total. The number of ether oxygens (including phenoxy) is 3. The van der Waals surface area contributed by atoms with Crippen LogP contribution >= 0.6 is 0 Å². The molecule has 0 amide bonds. The van der Waals surface area contributed by atoms with Gasteiger partial charge in [-0.05, 0) is 0 Å². The Morgan fingerprint density at radius 2 is 2.18 bits per heavy atom. The van der Waals surface area contributed by atoms with Gasteiger partial charge in [-0.3, -0.25) is 0 Å². The number of hydrogen-bond acceptors (Lipinski definition) is 5. The molecule has 17 heavy (non-hydrogen) atoms. The first-order valence-corrected chi connectivity index (χ1v) is 4.54. The predicted molar refractivity (Wildman–Crippen MR) is 46.6 cm³/mol. The lowest BCUT2D eigenvalue weighted by Gasteiger charge is -2.11. The van der Waals surface area contributed by atoms with E-state index in [0.717, 1.165) is 0 Å². The minimum absolute atomic E-state index is 0.173. The van der Waals surface area contributed by atoms with Gasteiger partial charge in [0.2, 0.25) is 0 Å². The topological polar surface area (TPSA) is 61.8 Å². The maximum Gasteiger partial charge on any atom is 0.422 e. The molecule has 5 nitrogen and oxygen atoms in total. The van der Waals surface area contributed by atoms with Crippen LogP contribution in [0.3, 0.4) is 0 Å². The predicted octanol–water partition coefficient (Wildman–Crippen LogP) is 0.938. The molecular formula is C9H9F3O5. The number of esters is 2. The maximum atomic E-state index is 12.0. The lowest BCUT2D eigenvalue weighted by atomic mass is 10.3. The zero-order valence-electron chi connectivity index (χ0n) is 8.58. The molecule has 1 aliphatic heterocycles. The summed E-state index contributed by atoms with van der Waals surface area (Å²) >= 11 is 0. The SMILES string of the molecule is C=C(C(=O)OCOC1CCOC1=O)C(F)(F)F. The summed E-state index contributed by atoms with van der Waals surface area (Å²) in [5.41, 5.74) is -1.63. The Bertz CT molecular complexity index is 336. The number of hydrogen-bond donors (Lipinski definition) is 0. The fourth-order valence-corrected chi connectivity index (χ4v) is 1.00. The Morgan fingerprint density at radius 3 is 2.65 bits per heavy atom. The monoisotopic (exact) mass is 254 g/mol. The molecule has 96 valence electrons. The van der Waals surface area contributed by atoms with Gasteiger partial charge in [-0.2, -0.15) is 13.2 Å². The molecule has 0 aromatic carbocycles. The van der Waals surface area contributed by atoms with E-state index in [9.17, 15) is 22.8 Å². The van der Waals surface area contributed by atoms with Gasteiger partial charge in [0.05, 0.1) is 6.61 Å². The van der Waals surface area contributed by atoms with Crippen LogP contribution in [-0.2, 0) is 23.8 Å². The summed E-state index contributed by atoms with van der Waals surface area (Å²) in [4.78, 5) is 21.7. The van der Waals surface area contributed by atoms with Gasteiger partial charge in [-0.15, -0.1) is 0 Å². The van der Waals surface area contributed by atoms with Crippen molar-refractivity contribution in [2.24, 2.45) is 0 Å². The molecule has 1 rings (SSSR count). The highest BCUT2D eigenvalue weighted by atomic mass is 19.4. The van der Waals surface area contributed by atoms with Crippen LogP contribution < -0.4 is 0 Å². The third-order valence-electron chi connectivity index (χ3n) is 1.94. The number of carbonyl (C=O) groups excluding carboxylic acids is 2.